The fourth-order valence-corrected chi connectivity index (χ4v) is 2.39. The van der Waals surface area contributed by atoms with Crippen molar-refractivity contribution in [2.45, 2.75) is 39.2 Å². The third kappa shape index (κ3) is 2.71. The zero-order chi connectivity index (χ0) is 10.8. The third-order valence-corrected chi connectivity index (χ3v) is 3.92. The molecule has 0 bridgehead atoms. The molecule has 1 saturated heterocycles. The van der Waals surface area contributed by atoms with E-state index in [1.165, 1.54) is 19.3 Å². The molecule has 2 rings (SSSR count). The van der Waals surface area contributed by atoms with E-state index in [0.717, 1.165) is 13.1 Å². The fourth-order valence-electron chi connectivity index (χ4n) is 2.39. The smallest absolute Gasteiger partial charge is 0.223 e. The highest BCUT2D eigenvalue weighted by molar-refractivity contribution is 5.79. The summed E-state index contributed by atoms with van der Waals surface area (Å²) in [5.74, 6) is 1.78. The molecular weight excluding hydrogens is 188 g/mol. The van der Waals surface area contributed by atoms with Crippen LogP contribution in [0, 0.1) is 17.8 Å². The van der Waals surface area contributed by atoms with Gasteiger partial charge >= 0.3 is 0 Å². The number of rotatable bonds is 4. The van der Waals surface area contributed by atoms with E-state index >= 15 is 0 Å². The summed E-state index contributed by atoms with van der Waals surface area (Å²) >= 11 is 0. The minimum atomic E-state index is 0.224. The first kappa shape index (κ1) is 10.9. The normalized spacial score (nSPS) is 29.9. The second-order valence-electron chi connectivity index (χ2n) is 5.18. The van der Waals surface area contributed by atoms with Crippen molar-refractivity contribution in [1.29, 1.82) is 0 Å². The minimum absolute atomic E-state index is 0.224. The number of nitrogens with one attached hydrogen (secondary N) is 2. The number of amides is 1. The summed E-state index contributed by atoms with van der Waals surface area (Å²) in [6.07, 6.45) is 3.68. The van der Waals surface area contributed by atoms with Crippen LogP contribution in [-0.4, -0.2) is 25.0 Å². The standard InChI is InChI=1S/C12H22N2O/c1-8(10-3-4-10)12(15)14-9(2)11-5-6-13-7-11/h8-11,13H,3-7H2,1-2H3,(H,14,15). The largest absolute Gasteiger partial charge is 0.353 e. The second kappa shape index (κ2) is 4.52. The van der Waals surface area contributed by atoms with E-state index in [-0.39, 0.29) is 11.8 Å². The summed E-state index contributed by atoms with van der Waals surface area (Å²) in [6.45, 7) is 6.35. The van der Waals surface area contributed by atoms with Crippen LogP contribution in [0.15, 0.2) is 0 Å². The molecule has 1 aliphatic carbocycles. The Morgan fingerprint density at radius 3 is 2.53 bits per heavy atom. The monoisotopic (exact) mass is 210 g/mol. The maximum Gasteiger partial charge on any atom is 0.223 e. The number of carbonyl (C=O) groups is 1. The molecule has 2 aliphatic rings. The first-order valence-corrected chi connectivity index (χ1v) is 6.19. The van der Waals surface area contributed by atoms with E-state index < -0.39 is 0 Å². The molecule has 3 heteroatoms. The Hall–Kier alpha value is -0.570. The van der Waals surface area contributed by atoms with Crippen molar-refractivity contribution in [3.63, 3.8) is 0 Å². The molecule has 0 aromatic rings. The van der Waals surface area contributed by atoms with Gasteiger partial charge in [-0.05, 0) is 51.1 Å². The topological polar surface area (TPSA) is 41.1 Å². The summed E-state index contributed by atoms with van der Waals surface area (Å²) < 4.78 is 0. The molecule has 0 aromatic carbocycles. The van der Waals surface area contributed by atoms with Crippen LogP contribution < -0.4 is 10.6 Å². The van der Waals surface area contributed by atoms with Crippen molar-refractivity contribution >= 4 is 5.91 Å². The number of hydrogen-bond acceptors (Lipinski definition) is 2. The molecule has 0 aromatic heterocycles. The van der Waals surface area contributed by atoms with Gasteiger partial charge in [0.05, 0.1) is 0 Å². The quantitative estimate of drug-likeness (QED) is 0.731. The predicted molar refractivity (Wildman–Crippen MR) is 60.5 cm³/mol. The van der Waals surface area contributed by atoms with Crippen molar-refractivity contribution < 1.29 is 4.79 Å². The van der Waals surface area contributed by atoms with Crippen LogP contribution in [0.2, 0.25) is 0 Å². The molecule has 86 valence electrons. The van der Waals surface area contributed by atoms with Crippen molar-refractivity contribution in [1.82, 2.24) is 10.6 Å². The number of carbonyl (C=O) groups excluding carboxylic acids is 1. The lowest BCUT2D eigenvalue weighted by molar-refractivity contribution is -0.126. The van der Waals surface area contributed by atoms with Crippen molar-refractivity contribution in [3.8, 4) is 0 Å². The highest BCUT2D eigenvalue weighted by Gasteiger charge is 2.33. The Bertz CT molecular complexity index is 232. The molecule has 0 spiro atoms. The zero-order valence-corrected chi connectivity index (χ0v) is 9.75. The van der Waals surface area contributed by atoms with E-state index in [4.69, 9.17) is 0 Å². The zero-order valence-electron chi connectivity index (χ0n) is 9.75. The Morgan fingerprint density at radius 1 is 1.27 bits per heavy atom. The highest BCUT2D eigenvalue weighted by atomic mass is 16.1. The third-order valence-electron chi connectivity index (χ3n) is 3.92. The van der Waals surface area contributed by atoms with Crippen LogP contribution in [0.25, 0.3) is 0 Å². The molecular formula is C12H22N2O. The van der Waals surface area contributed by atoms with Crippen LogP contribution in [-0.2, 0) is 4.79 Å². The van der Waals surface area contributed by atoms with Gasteiger partial charge in [0.1, 0.15) is 0 Å². The first-order chi connectivity index (χ1) is 7.18. The Morgan fingerprint density at radius 2 is 2.00 bits per heavy atom. The molecule has 0 radical (unpaired) electrons. The Balaban J connectivity index is 1.76. The van der Waals surface area contributed by atoms with Crippen molar-refractivity contribution in [2.24, 2.45) is 17.8 Å². The SMILES string of the molecule is CC(NC(=O)C(C)C1CC1)C1CCNC1. The minimum Gasteiger partial charge on any atom is -0.353 e. The van der Waals surface area contributed by atoms with Gasteiger partial charge in [-0.15, -0.1) is 0 Å². The molecule has 15 heavy (non-hydrogen) atoms. The average Bonchev–Trinajstić information content (AvgIpc) is 2.91. The molecule has 1 saturated carbocycles. The molecule has 2 fully saturated rings. The van der Waals surface area contributed by atoms with Crippen LogP contribution in [0.4, 0.5) is 0 Å². The average molecular weight is 210 g/mol. The van der Waals surface area contributed by atoms with Crippen LogP contribution >= 0.6 is 0 Å². The summed E-state index contributed by atoms with van der Waals surface area (Å²) in [4.78, 5) is 11.9. The predicted octanol–water partition coefficient (Wildman–Crippen LogP) is 1.15. The maximum atomic E-state index is 11.9. The second-order valence-corrected chi connectivity index (χ2v) is 5.18. The molecule has 3 nitrogen and oxygen atoms in total. The first-order valence-electron chi connectivity index (χ1n) is 6.19. The van der Waals surface area contributed by atoms with Gasteiger partial charge in [-0.1, -0.05) is 6.92 Å². The highest BCUT2D eigenvalue weighted by Crippen LogP contribution is 2.36. The molecule has 1 aliphatic heterocycles. The van der Waals surface area contributed by atoms with Crippen LogP contribution in [0.5, 0.6) is 0 Å². The summed E-state index contributed by atoms with van der Waals surface area (Å²) in [5.41, 5.74) is 0. The summed E-state index contributed by atoms with van der Waals surface area (Å²) in [6, 6.07) is 0.327. The number of hydrogen-bond donors (Lipinski definition) is 2. The van der Waals surface area contributed by atoms with E-state index in [2.05, 4.69) is 24.5 Å². The summed E-state index contributed by atoms with van der Waals surface area (Å²) in [5, 5.41) is 6.50. The van der Waals surface area contributed by atoms with Gasteiger partial charge < -0.3 is 10.6 Å². The molecule has 2 N–H and O–H groups in total. The van der Waals surface area contributed by atoms with E-state index in [1.807, 2.05) is 0 Å². The lowest BCUT2D eigenvalue weighted by atomic mass is 9.99. The molecule has 1 heterocycles. The Labute approximate surface area is 92.0 Å². The van der Waals surface area contributed by atoms with Crippen molar-refractivity contribution in [3.05, 3.63) is 0 Å². The fraction of sp³-hybridized carbons (Fsp3) is 0.917. The Kier molecular flexibility index (Phi) is 3.29. The van der Waals surface area contributed by atoms with Gasteiger partial charge in [-0.25, -0.2) is 0 Å². The van der Waals surface area contributed by atoms with Gasteiger partial charge in [0.25, 0.3) is 0 Å². The van der Waals surface area contributed by atoms with Gasteiger partial charge in [-0.3, -0.25) is 4.79 Å². The lowest BCUT2D eigenvalue weighted by Gasteiger charge is -2.22. The van der Waals surface area contributed by atoms with E-state index in [1.54, 1.807) is 0 Å². The van der Waals surface area contributed by atoms with Gasteiger partial charge in [0, 0.05) is 12.0 Å². The molecule has 1 amide bonds. The van der Waals surface area contributed by atoms with Gasteiger partial charge in [0.15, 0.2) is 0 Å². The van der Waals surface area contributed by atoms with Crippen LogP contribution in [0.1, 0.15) is 33.1 Å². The summed E-state index contributed by atoms with van der Waals surface area (Å²) in [7, 11) is 0. The lowest BCUT2D eigenvalue weighted by Crippen LogP contribution is -2.41. The maximum absolute atomic E-state index is 11.9. The van der Waals surface area contributed by atoms with E-state index in [0.29, 0.717) is 17.9 Å². The van der Waals surface area contributed by atoms with Gasteiger partial charge in [-0.2, -0.15) is 0 Å². The van der Waals surface area contributed by atoms with Crippen molar-refractivity contribution in [2.75, 3.05) is 13.1 Å². The van der Waals surface area contributed by atoms with E-state index in [9.17, 15) is 4.79 Å². The van der Waals surface area contributed by atoms with Crippen LogP contribution in [0.3, 0.4) is 0 Å². The van der Waals surface area contributed by atoms with Gasteiger partial charge in [0.2, 0.25) is 5.91 Å². The molecule has 3 unspecified atom stereocenters. The molecule has 3 atom stereocenters.